The number of benzene rings is 2. The highest BCUT2D eigenvalue weighted by molar-refractivity contribution is 7.89. The minimum Gasteiger partial charge on any atom is -0.332 e. The lowest BCUT2D eigenvalue weighted by atomic mass is 10.2. The van der Waals surface area contributed by atoms with Crippen molar-refractivity contribution in [2.45, 2.75) is 9.79 Å². The Kier molecular flexibility index (Phi) is 4.82. The molecule has 0 aliphatic heterocycles. The molecule has 2 aromatic carbocycles. The van der Waals surface area contributed by atoms with E-state index in [0.29, 0.717) is 16.5 Å². The first-order valence-electron chi connectivity index (χ1n) is 7.11. The monoisotopic (exact) mass is 410 g/mol. The Balaban J connectivity index is 1.78. The lowest BCUT2D eigenvalue weighted by Gasteiger charge is -2.04. The van der Waals surface area contributed by atoms with Crippen LogP contribution in [0.3, 0.4) is 0 Å². The average Bonchev–Trinajstić information content (AvgIpc) is 3.02. The topological polar surface area (TPSA) is 145 Å². The second-order valence-corrected chi connectivity index (χ2v) is 9.28. The van der Waals surface area contributed by atoms with E-state index in [2.05, 4.69) is 10.3 Å². The normalized spacial score (nSPS) is 12.1. The largest absolute Gasteiger partial charge is 0.332 e. The van der Waals surface area contributed by atoms with E-state index in [1.807, 2.05) is 5.38 Å². The molecule has 1 heterocycles. The zero-order valence-electron chi connectivity index (χ0n) is 13.2. The fourth-order valence-electron chi connectivity index (χ4n) is 2.13. The Morgan fingerprint density at radius 2 is 1.31 bits per heavy atom. The van der Waals surface area contributed by atoms with Crippen LogP contribution in [0, 0.1) is 0 Å². The van der Waals surface area contributed by atoms with Crippen molar-refractivity contribution in [3.63, 3.8) is 0 Å². The van der Waals surface area contributed by atoms with Crippen molar-refractivity contribution < 1.29 is 16.8 Å². The number of aromatic nitrogens is 1. The number of thiazole rings is 1. The molecule has 0 radical (unpaired) electrons. The van der Waals surface area contributed by atoms with Crippen molar-refractivity contribution >= 4 is 42.2 Å². The molecule has 0 unspecified atom stereocenters. The van der Waals surface area contributed by atoms with Gasteiger partial charge >= 0.3 is 0 Å². The standard InChI is InChI=1S/C15H14N4O4S3/c16-25(20,21)12-5-1-10(2-6-12)14-9-24-15(19-14)18-11-3-7-13(8-4-11)26(17,22)23/h1-9H,(H,18,19)(H2,16,20,21)(H2,17,22,23). The van der Waals surface area contributed by atoms with E-state index in [1.54, 1.807) is 24.3 Å². The molecule has 0 amide bonds. The molecule has 0 saturated heterocycles. The van der Waals surface area contributed by atoms with E-state index in [9.17, 15) is 16.8 Å². The SMILES string of the molecule is NS(=O)(=O)c1ccc(Nc2nc(-c3ccc(S(N)(=O)=O)cc3)cs2)cc1. The highest BCUT2D eigenvalue weighted by Crippen LogP contribution is 2.28. The highest BCUT2D eigenvalue weighted by Gasteiger charge is 2.10. The molecule has 5 N–H and O–H groups in total. The van der Waals surface area contributed by atoms with Gasteiger partial charge in [-0.2, -0.15) is 0 Å². The Morgan fingerprint density at radius 1 is 0.808 bits per heavy atom. The predicted octanol–water partition coefficient (Wildman–Crippen LogP) is 1.85. The number of sulfonamides is 2. The third-order valence-electron chi connectivity index (χ3n) is 3.42. The Labute approximate surface area is 154 Å². The van der Waals surface area contributed by atoms with Crippen LogP contribution in [0.15, 0.2) is 63.7 Å². The van der Waals surface area contributed by atoms with Crippen LogP contribution in [0.5, 0.6) is 0 Å². The van der Waals surface area contributed by atoms with Gasteiger partial charge in [-0.25, -0.2) is 32.1 Å². The van der Waals surface area contributed by atoms with Crippen LogP contribution in [0.2, 0.25) is 0 Å². The third-order valence-corrected chi connectivity index (χ3v) is 6.03. The minimum atomic E-state index is -3.73. The van der Waals surface area contributed by atoms with Crippen LogP contribution < -0.4 is 15.6 Å². The van der Waals surface area contributed by atoms with Gasteiger partial charge in [-0.15, -0.1) is 11.3 Å². The number of hydrogen-bond acceptors (Lipinski definition) is 7. The summed E-state index contributed by atoms with van der Waals surface area (Å²) in [7, 11) is -7.46. The molecule has 0 aliphatic carbocycles. The molecule has 1 aromatic heterocycles. The number of nitrogens with zero attached hydrogens (tertiary/aromatic N) is 1. The van der Waals surface area contributed by atoms with Crippen LogP contribution in [0.1, 0.15) is 0 Å². The molecule has 3 aromatic rings. The Hall–Kier alpha value is -2.31. The van der Waals surface area contributed by atoms with E-state index < -0.39 is 20.0 Å². The maximum absolute atomic E-state index is 11.3. The molecular formula is C15H14N4O4S3. The first kappa shape index (κ1) is 18.5. The summed E-state index contributed by atoms with van der Waals surface area (Å²) in [6, 6.07) is 12.1. The van der Waals surface area contributed by atoms with Gasteiger partial charge in [-0.1, -0.05) is 12.1 Å². The van der Waals surface area contributed by atoms with Gasteiger partial charge in [0.1, 0.15) is 0 Å². The molecule has 0 saturated carbocycles. The number of nitrogens with one attached hydrogen (secondary N) is 1. The summed E-state index contributed by atoms with van der Waals surface area (Å²) in [6.45, 7) is 0. The van der Waals surface area contributed by atoms with Gasteiger partial charge in [0.2, 0.25) is 20.0 Å². The third kappa shape index (κ3) is 4.26. The average molecular weight is 411 g/mol. The van der Waals surface area contributed by atoms with Gasteiger partial charge < -0.3 is 5.32 Å². The zero-order chi connectivity index (χ0) is 18.9. The van der Waals surface area contributed by atoms with Crippen LogP contribution in [0.4, 0.5) is 10.8 Å². The van der Waals surface area contributed by atoms with E-state index >= 15 is 0 Å². The first-order valence-corrected chi connectivity index (χ1v) is 11.1. The minimum absolute atomic E-state index is 0.0258. The predicted molar refractivity (Wildman–Crippen MR) is 100 cm³/mol. The van der Waals surface area contributed by atoms with Crippen LogP contribution in [0.25, 0.3) is 11.3 Å². The van der Waals surface area contributed by atoms with Gasteiger partial charge in [-0.3, -0.25) is 0 Å². The van der Waals surface area contributed by atoms with Crippen molar-refractivity contribution in [2.24, 2.45) is 10.3 Å². The highest BCUT2D eigenvalue weighted by atomic mass is 32.2. The quantitative estimate of drug-likeness (QED) is 0.585. The maximum atomic E-state index is 11.3. The van der Waals surface area contributed by atoms with Gasteiger partial charge in [0, 0.05) is 16.6 Å². The van der Waals surface area contributed by atoms with E-state index in [4.69, 9.17) is 10.3 Å². The summed E-state index contributed by atoms with van der Waals surface area (Å²) in [5.41, 5.74) is 2.06. The van der Waals surface area contributed by atoms with Crippen molar-refractivity contribution in [1.82, 2.24) is 4.98 Å². The van der Waals surface area contributed by atoms with E-state index in [0.717, 1.165) is 5.56 Å². The molecular weight excluding hydrogens is 396 g/mol. The molecule has 0 bridgehead atoms. The Morgan fingerprint density at radius 3 is 1.81 bits per heavy atom. The van der Waals surface area contributed by atoms with Crippen molar-refractivity contribution in [3.05, 3.63) is 53.9 Å². The second-order valence-electron chi connectivity index (χ2n) is 5.30. The summed E-state index contributed by atoms with van der Waals surface area (Å²) in [6.07, 6.45) is 0. The summed E-state index contributed by atoms with van der Waals surface area (Å²) in [4.78, 5) is 4.48. The summed E-state index contributed by atoms with van der Waals surface area (Å²) in [5, 5.41) is 15.6. The van der Waals surface area contributed by atoms with Crippen molar-refractivity contribution in [1.29, 1.82) is 0 Å². The molecule has 0 spiro atoms. The van der Waals surface area contributed by atoms with Gasteiger partial charge in [0.15, 0.2) is 5.13 Å². The number of rotatable bonds is 5. The summed E-state index contributed by atoms with van der Waals surface area (Å²) < 4.78 is 45.1. The molecule has 26 heavy (non-hydrogen) atoms. The second kappa shape index (κ2) is 6.78. The fraction of sp³-hybridized carbons (Fsp3) is 0. The smallest absolute Gasteiger partial charge is 0.238 e. The molecule has 0 aliphatic rings. The van der Waals surface area contributed by atoms with Crippen LogP contribution in [-0.2, 0) is 20.0 Å². The molecule has 3 rings (SSSR count). The summed E-state index contributed by atoms with van der Waals surface area (Å²) >= 11 is 1.35. The van der Waals surface area contributed by atoms with Gasteiger partial charge in [-0.05, 0) is 36.4 Å². The lowest BCUT2D eigenvalue weighted by molar-refractivity contribution is 0.596. The Bertz CT molecular complexity index is 1140. The lowest BCUT2D eigenvalue weighted by Crippen LogP contribution is -2.11. The summed E-state index contributed by atoms with van der Waals surface area (Å²) in [5.74, 6) is 0. The molecule has 0 atom stereocenters. The van der Waals surface area contributed by atoms with Crippen molar-refractivity contribution in [2.75, 3.05) is 5.32 Å². The van der Waals surface area contributed by atoms with Crippen LogP contribution in [-0.4, -0.2) is 21.8 Å². The van der Waals surface area contributed by atoms with Crippen LogP contribution >= 0.6 is 11.3 Å². The zero-order valence-corrected chi connectivity index (χ0v) is 15.6. The fourth-order valence-corrected chi connectivity index (χ4v) is 3.90. The van der Waals surface area contributed by atoms with Gasteiger partial charge in [0.25, 0.3) is 0 Å². The number of anilines is 2. The first-order chi connectivity index (χ1) is 12.1. The van der Waals surface area contributed by atoms with E-state index in [1.165, 1.54) is 35.6 Å². The molecule has 0 fully saturated rings. The van der Waals surface area contributed by atoms with E-state index in [-0.39, 0.29) is 9.79 Å². The maximum Gasteiger partial charge on any atom is 0.238 e. The van der Waals surface area contributed by atoms with Gasteiger partial charge in [0.05, 0.1) is 15.5 Å². The number of hydrogen-bond donors (Lipinski definition) is 3. The molecule has 11 heteroatoms. The number of primary sulfonamides is 2. The molecule has 8 nitrogen and oxygen atoms in total. The molecule has 136 valence electrons. The number of nitrogens with two attached hydrogens (primary N) is 2. The van der Waals surface area contributed by atoms with Crippen molar-refractivity contribution in [3.8, 4) is 11.3 Å².